The summed E-state index contributed by atoms with van der Waals surface area (Å²) in [5.41, 5.74) is 6.35. The Morgan fingerprint density at radius 1 is 1.41 bits per heavy atom. The number of rotatable bonds is 6. The molecule has 1 aliphatic rings. The van der Waals surface area contributed by atoms with Crippen LogP contribution in [-0.4, -0.2) is 45.4 Å². The molecule has 156 valence electrons. The van der Waals surface area contributed by atoms with Crippen LogP contribution < -0.4 is 5.73 Å². The van der Waals surface area contributed by atoms with Crippen LogP contribution in [0.15, 0.2) is 18.3 Å². The molecule has 2 aromatic heterocycles. The first-order chi connectivity index (χ1) is 13.6. The fraction of sp³-hybridized carbons (Fsp3) is 0.524. The molecule has 2 amide bonds. The molecule has 2 aromatic rings. The van der Waals surface area contributed by atoms with E-state index < -0.39 is 23.5 Å². The van der Waals surface area contributed by atoms with E-state index in [0.29, 0.717) is 23.7 Å². The smallest absolute Gasteiger partial charge is 0.243 e. The maximum Gasteiger partial charge on any atom is 0.243 e. The zero-order valence-electron chi connectivity index (χ0n) is 17.3. The molecule has 0 radical (unpaired) electrons. The molecule has 0 aliphatic carbocycles. The number of carbonyl (C=O) groups is 2. The van der Waals surface area contributed by atoms with Crippen LogP contribution in [0.2, 0.25) is 0 Å². The van der Waals surface area contributed by atoms with Crippen molar-refractivity contribution in [2.75, 3.05) is 13.2 Å². The summed E-state index contributed by atoms with van der Waals surface area (Å²) in [5, 5.41) is 0.685. The van der Waals surface area contributed by atoms with Crippen molar-refractivity contribution >= 4 is 23.2 Å². The van der Waals surface area contributed by atoms with Gasteiger partial charge in [-0.1, -0.05) is 13.8 Å². The van der Waals surface area contributed by atoms with Gasteiger partial charge in [-0.3, -0.25) is 19.0 Å². The molecule has 0 saturated carbocycles. The number of alkyl halides is 1. The standard InChI is InChI=1S/C21H27FN4O2S/c1-13-18(14-6-8-24-15(10-14)20(2,3)12-22)29-16(25-13)11-17(27)26-9-5-7-21(26,4)19(23)28/h6,8,10H,5,7,9,11-12H2,1-4H3,(H2,23,28)/t21-/m0/s1. The number of hydrogen-bond donors (Lipinski definition) is 1. The second-order valence-corrected chi connectivity index (χ2v) is 9.52. The van der Waals surface area contributed by atoms with Crippen LogP contribution in [0.3, 0.4) is 0 Å². The lowest BCUT2D eigenvalue weighted by Gasteiger charge is -2.32. The normalized spacial score (nSPS) is 19.6. The Labute approximate surface area is 174 Å². The van der Waals surface area contributed by atoms with E-state index in [9.17, 15) is 14.0 Å². The molecule has 0 bridgehead atoms. The summed E-state index contributed by atoms with van der Waals surface area (Å²) in [7, 11) is 0. The number of nitrogens with two attached hydrogens (primary N) is 1. The Balaban J connectivity index is 1.84. The van der Waals surface area contributed by atoms with E-state index in [1.807, 2.05) is 32.9 Å². The SMILES string of the molecule is Cc1nc(CC(=O)N2CCC[C@@]2(C)C(N)=O)sc1-c1ccnc(C(C)(C)CF)c1. The Hall–Kier alpha value is -2.35. The zero-order valence-corrected chi connectivity index (χ0v) is 18.1. The van der Waals surface area contributed by atoms with Crippen molar-refractivity contribution in [2.45, 2.75) is 57.9 Å². The summed E-state index contributed by atoms with van der Waals surface area (Å²) < 4.78 is 13.4. The number of aryl methyl sites for hydroxylation is 1. The van der Waals surface area contributed by atoms with Gasteiger partial charge >= 0.3 is 0 Å². The Kier molecular flexibility index (Phi) is 5.76. The number of hydrogen-bond acceptors (Lipinski definition) is 5. The van der Waals surface area contributed by atoms with Crippen molar-refractivity contribution in [3.63, 3.8) is 0 Å². The Morgan fingerprint density at radius 2 is 2.14 bits per heavy atom. The number of likely N-dealkylation sites (tertiary alicyclic amines) is 1. The Bertz CT molecular complexity index is 943. The van der Waals surface area contributed by atoms with Crippen molar-refractivity contribution in [1.82, 2.24) is 14.9 Å². The minimum atomic E-state index is -0.926. The highest BCUT2D eigenvalue weighted by Gasteiger charge is 2.44. The minimum Gasteiger partial charge on any atom is -0.368 e. The van der Waals surface area contributed by atoms with Crippen LogP contribution in [0.25, 0.3) is 10.4 Å². The molecular formula is C21H27FN4O2S. The van der Waals surface area contributed by atoms with Gasteiger partial charge in [0.25, 0.3) is 0 Å². The van der Waals surface area contributed by atoms with Gasteiger partial charge in [0.1, 0.15) is 17.2 Å². The van der Waals surface area contributed by atoms with E-state index in [1.54, 1.807) is 18.0 Å². The van der Waals surface area contributed by atoms with Crippen LogP contribution in [0, 0.1) is 6.92 Å². The van der Waals surface area contributed by atoms with Crippen molar-refractivity contribution in [3.8, 4) is 10.4 Å². The molecule has 1 saturated heterocycles. The molecule has 29 heavy (non-hydrogen) atoms. The molecule has 2 N–H and O–H groups in total. The number of nitrogens with zero attached hydrogens (tertiary/aromatic N) is 3. The van der Waals surface area contributed by atoms with E-state index >= 15 is 0 Å². The van der Waals surface area contributed by atoms with Gasteiger partial charge in [-0.25, -0.2) is 4.98 Å². The number of aromatic nitrogens is 2. The molecular weight excluding hydrogens is 391 g/mol. The molecule has 6 nitrogen and oxygen atoms in total. The zero-order chi connectivity index (χ0) is 21.4. The van der Waals surface area contributed by atoms with Gasteiger partial charge in [-0.2, -0.15) is 0 Å². The number of amides is 2. The lowest BCUT2D eigenvalue weighted by atomic mass is 9.89. The summed E-state index contributed by atoms with van der Waals surface area (Å²) in [4.78, 5) is 36.1. The van der Waals surface area contributed by atoms with Gasteiger partial charge in [0.2, 0.25) is 11.8 Å². The van der Waals surface area contributed by atoms with Crippen LogP contribution in [0.1, 0.15) is 50.0 Å². The lowest BCUT2D eigenvalue weighted by molar-refractivity contribution is -0.142. The number of pyridine rings is 1. The molecule has 0 unspecified atom stereocenters. The molecule has 3 rings (SSSR count). The highest BCUT2D eigenvalue weighted by molar-refractivity contribution is 7.15. The fourth-order valence-electron chi connectivity index (χ4n) is 3.65. The van der Waals surface area contributed by atoms with Gasteiger partial charge in [0.15, 0.2) is 0 Å². The quantitative estimate of drug-likeness (QED) is 0.780. The average Bonchev–Trinajstić information content (AvgIpc) is 3.25. The highest BCUT2D eigenvalue weighted by Crippen LogP contribution is 2.34. The summed E-state index contributed by atoms with van der Waals surface area (Å²) in [6.07, 6.45) is 3.15. The monoisotopic (exact) mass is 418 g/mol. The van der Waals surface area contributed by atoms with E-state index in [0.717, 1.165) is 22.6 Å². The molecule has 0 aromatic carbocycles. The second-order valence-electron chi connectivity index (χ2n) is 8.43. The van der Waals surface area contributed by atoms with Crippen molar-refractivity contribution in [3.05, 3.63) is 34.7 Å². The maximum absolute atomic E-state index is 13.4. The van der Waals surface area contributed by atoms with Crippen LogP contribution in [0.5, 0.6) is 0 Å². The van der Waals surface area contributed by atoms with Crippen molar-refractivity contribution in [1.29, 1.82) is 0 Å². The van der Waals surface area contributed by atoms with Gasteiger partial charge in [-0.05, 0) is 44.4 Å². The summed E-state index contributed by atoms with van der Waals surface area (Å²) >= 11 is 1.44. The van der Waals surface area contributed by atoms with Crippen molar-refractivity contribution < 1.29 is 14.0 Å². The molecule has 1 atom stereocenters. The number of thiazole rings is 1. The summed E-state index contributed by atoms with van der Waals surface area (Å²) in [5.74, 6) is -0.614. The van der Waals surface area contributed by atoms with E-state index in [4.69, 9.17) is 5.73 Å². The van der Waals surface area contributed by atoms with Crippen LogP contribution in [0.4, 0.5) is 4.39 Å². The fourth-order valence-corrected chi connectivity index (χ4v) is 4.70. The third-order valence-electron chi connectivity index (χ3n) is 5.67. The summed E-state index contributed by atoms with van der Waals surface area (Å²) in [6.45, 7) is 7.28. The molecule has 8 heteroatoms. The predicted molar refractivity (Wildman–Crippen MR) is 111 cm³/mol. The minimum absolute atomic E-state index is 0.127. The first-order valence-corrected chi connectivity index (χ1v) is 10.5. The third kappa shape index (κ3) is 4.03. The maximum atomic E-state index is 13.4. The van der Waals surface area contributed by atoms with E-state index in [1.165, 1.54) is 11.3 Å². The largest absolute Gasteiger partial charge is 0.368 e. The van der Waals surface area contributed by atoms with Gasteiger partial charge < -0.3 is 10.6 Å². The van der Waals surface area contributed by atoms with E-state index in [2.05, 4.69) is 9.97 Å². The Morgan fingerprint density at radius 3 is 2.79 bits per heavy atom. The molecule has 1 aliphatic heterocycles. The van der Waals surface area contributed by atoms with E-state index in [-0.39, 0.29) is 12.3 Å². The predicted octanol–water partition coefficient (Wildman–Crippen LogP) is 3.17. The highest BCUT2D eigenvalue weighted by atomic mass is 32.1. The molecule has 1 fully saturated rings. The van der Waals surface area contributed by atoms with Gasteiger partial charge in [-0.15, -0.1) is 11.3 Å². The molecule has 3 heterocycles. The van der Waals surface area contributed by atoms with Gasteiger partial charge in [0.05, 0.1) is 17.0 Å². The summed E-state index contributed by atoms with van der Waals surface area (Å²) in [6, 6.07) is 3.75. The average molecular weight is 419 g/mol. The first-order valence-electron chi connectivity index (χ1n) is 9.68. The second kappa shape index (κ2) is 7.82. The first kappa shape index (κ1) is 21.4. The topological polar surface area (TPSA) is 89.2 Å². The van der Waals surface area contributed by atoms with Crippen LogP contribution >= 0.6 is 11.3 Å². The lowest BCUT2D eigenvalue weighted by Crippen LogP contribution is -2.54. The van der Waals surface area contributed by atoms with Crippen LogP contribution in [-0.2, 0) is 21.4 Å². The third-order valence-corrected chi connectivity index (χ3v) is 6.87. The number of carbonyl (C=O) groups excluding carboxylic acids is 2. The van der Waals surface area contributed by atoms with Gasteiger partial charge in [0, 0.05) is 23.9 Å². The number of halogens is 1. The van der Waals surface area contributed by atoms with Crippen molar-refractivity contribution in [2.24, 2.45) is 5.73 Å². The number of primary amides is 1. The molecule has 0 spiro atoms.